The molecule has 1 amide bonds. The van der Waals surface area contributed by atoms with Crippen molar-refractivity contribution in [2.45, 2.75) is 57.2 Å². The predicted octanol–water partition coefficient (Wildman–Crippen LogP) is 7.10. The molecule has 0 bridgehead atoms. The molecule has 3 heterocycles. The molecule has 8 nitrogen and oxygen atoms in total. The van der Waals surface area contributed by atoms with Crippen LogP contribution in [0.1, 0.15) is 64.8 Å². The average molecular weight is 739 g/mol. The van der Waals surface area contributed by atoms with Gasteiger partial charge in [-0.1, -0.05) is 67.6 Å². The van der Waals surface area contributed by atoms with Gasteiger partial charge in [0.05, 0.1) is 32.0 Å². The Balaban J connectivity index is 1.09. The van der Waals surface area contributed by atoms with Crippen molar-refractivity contribution in [2.75, 3.05) is 32.8 Å². The van der Waals surface area contributed by atoms with Gasteiger partial charge in [-0.05, 0) is 39.9 Å². The Morgan fingerprint density at radius 3 is 2.08 bits per heavy atom. The quantitative estimate of drug-likeness (QED) is 0.108. The highest BCUT2D eigenvalue weighted by Gasteiger charge is 2.43. The lowest BCUT2D eigenvalue weighted by Gasteiger charge is -2.44. The zero-order chi connectivity index (χ0) is 37.3. The Morgan fingerprint density at radius 2 is 1.42 bits per heavy atom. The highest BCUT2D eigenvalue weighted by molar-refractivity contribution is 5.94. The summed E-state index contributed by atoms with van der Waals surface area (Å²) in [4.78, 5) is 14.9. The van der Waals surface area contributed by atoms with Gasteiger partial charge in [-0.2, -0.15) is 0 Å². The molecule has 0 saturated carbocycles. The van der Waals surface area contributed by atoms with Crippen LogP contribution >= 0.6 is 0 Å². The van der Waals surface area contributed by atoms with Crippen molar-refractivity contribution in [2.24, 2.45) is 5.92 Å². The monoisotopic (exact) mass is 738 g/mol. The molecule has 0 radical (unpaired) electrons. The summed E-state index contributed by atoms with van der Waals surface area (Å²) in [5.74, 6) is -13.1. The van der Waals surface area contributed by atoms with Crippen LogP contribution in [0.3, 0.4) is 0 Å². The Labute approximate surface area is 303 Å². The van der Waals surface area contributed by atoms with Crippen LogP contribution in [0, 0.1) is 35.0 Å². The maximum Gasteiger partial charge on any atom is 0.257 e. The number of aliphatic hydroxyl groups excluding tert-OH is 1. The van der Waals surface area contributed by atoms with Crippen LogP contribution in [0.15, 0.2) is 72.8 Å². The minimum atomic E-state index is -2.34. The molecule has 13 heteroatoms. The number of amides is 1. The second-order valence-electron chi connectivity index (χ2n) is 13.7. The Hall–Kier alpha value is -4.24. The first-order chi connectivity index (χ1) is 25.6. The average Bonchev–Trinajstić information content (AvgIpc) is 3.65. The summed E-state index contributed by atoms with van der Waals surface area (Å²) in [5, 5.41) is 11.9. The van der Waals surface area contributed by atoms with Gasteiger partial charge in [0.25, 0.3) is 5.91 Å². The molecule has 3 saturated heterocycles. The number of benzene rings is 4. The van der Waals surface area contributed by atoms with Crippen molar-refractivity contribution in [1.29, 1.82) is 0 Å². The molecule has 1 spiro atoms. The van der Waals surface area contributed by atoms with Gasteiger partial charge in [-0.3, -0.25) is 4.79 Å². The molecular formula is C40H39F5N2O6. The normalized spacial score (nSPS) is 23.0. The number of nitrogens with one attached hydrogen (secondary N) is 1. The topological polar surface area (TPSA) is 89.5 Å². The van der Waals surface area contributed by atoms with Crippen molar-refractivity contribution < 1.29 is 50.8 Å². The number of nitrogens with zero attached hydrogens (tertiary/aromatic N) is 1. The summed E-state index contributed by atoms with van der Waals surface area (Å²) >= 11 is 0. The molecule has 7 rings (SSSR count). The third kappa shape index (κ3) is 7.73. The number of carbonyl (C=O) groups excluding carboxylic acids is 1. The predicted molar refractivity (Wildman–Crippen MR) is 183 cm³/mol. The standard InChI is InChI=1S/C40H39F5N2O6/c1-23-30(21-47-14-12-40(13-15-47)50-16-17-51-40)52-39(53-37(23)26-10-8-24(22-48)9-11-26)29-7-3-6-28(19-29)27-5-2-4-25(18-27)20-46-38(49)31-32(41)34(43)36(45)35(44)33(31)42/h2-11,18-19,23,30,37,39,48H,12-17,20-22H2,1H3,(H,46,49)/t23-,30+,37+,39+/m0/s1. The number of hydrogen-bond acceptors (Lipinski definition) is 7. The molecule has 53 heavy (non-hydrogen) atoms. The number of halogens is 5. The van der Waals surface area contributed by atoms with Crippen LogP contribution in [0.4, 0.5) is 22.0 Å². The van der Waals surface area contributed by atoms with E-state index in [4.69, 9.17) is 18.9 Å². The molecular weight excluding hydrogens is 699 g/mol. The highest BCUT2D eigenvalue weighted by Crippen LogP contribution is 2.43. The number of aliphatic hydroxyl groups is 1. The van der Waals surface area contributed by atoms with Crippen LogP contribution < -0.4 is 5.32 Å². The Morgan fingerprint density at radius 1 is 0.792 bits per heavy atom. The zero-order valence-electron chi connectivity index (χ0n) is 28.9. The molecule has 4 aromatic carbocycles. The number of hydrogen-bond donors (Lipinski definition) is 2. The van der Waals surface area contributed by atoms with Crippen LogP contribution in [0.25, 0.3) is 11.1 Å². The van der Waals surface area contributed by atoms with Crippen LogP contribution in [-0.2, 0) is 32.1 Å². The first-order valence-electron chi connectivity index (χ1n) is 17.6. The summed E-state index contributed by atoms with van der Waals surface area (Å²) in [6, 6.07) is 22.3. The van der Waals surface area contributed by atoms with Gasteiger partial charge in [0.2, 0.25) is 5.82 Å². The number of piperidine rings is 1. The molecule has 280 valence electrons. The van der Waals surface area contributed by atoms with E-state index >= 15 is 0 Å². The first kappa shape index (κ1) is 37.1. The fraction of sp³-hybridized carbons (Fsp3) is 0.375. The molecule has 4 aromatic rings. The second-order valence-corrected chi connectivity index (χ2v) is 13.7. The zero-order valence-corrected chi connectivity index (χ0v) is 28.9. The molecule has 2 N–H and O–H groups in total. The van der Waals surface area contributed by atoms with Crippen LogP contribution in [0.5, 0.6) is 0 Å². The van der Waals surface area contributed by atoms with E-state index in [1.165, 1.54) is 0 Å². The third-order valence-corrected chi connectivity index (χ3v) is 10.3. The summed E-state index contributed by atoms with van der Waals surface area (Å²) < 4.78 is 94.5. The maximum absolute atomic E-state index is 14.2. The van der Waals surface area contributed by atoms with Gasteiger partial charge in [0, 0.05) is 50.5 Å². The van der Waals surface area contributed by atoms with Gasteiger partial charge in [-0.15, -0.1) is 0 Å². The molecule has 0 aromatic heterocycles. The summed E-state index contributed by atoms with van der Waals surface area (Å²) in [6.45, 7) is 5.33. The van der Waals surface area contributed by atoms with E-state index in [2.05, 4.69) is 17.1 Å². The Bertz CT molecular complexity index is 1920. The van der Waals surface area contributed by atoms with Crippen molar-refractivity contribution >= 4 is 5.91 Å². The summed E-state index contributed by atoms with van der Waals surface area (Å²) in [7, 11) is 0. The minimum Gasteiger partial charge on any atom is -0.392 e. The van der Waals surface area contributed by atoms with E-state index in [1.54, 1.807) is 18.2 Å². The van der Waals surface area contributed by atoms with E-state index in [-0.39, 0.29) is 31.3 Å². The smallest absolute Gasteiger partial charge is 0.257 e. The number of rotatable bonds is 9. The van der Waals surface area contributed by atoms with Gasteiger partial charge in [0.15, 0.2) is 35.3 Å². The molecule has 3 aliphatic rings. The first-order valence-corrected chi connectivity index (χ1v) is 17.6. The van der Waals surface area contributed by atoms with Gasteiger partial charge in [-0.25, -0.2) is 22.0 Å². The Kier molecular flexibility index (Phi) is 10.9. The summed E-state index contributed by atoms with van der Waals surface area (Å²) in [6.07, 6.45) is 0.339. The van der Waals surface area contributed by atoms with Crippen LogP contribution in [-0.4, -0.2) is 60.7 Å². The molecule has 4 atom stereocenters. The van der Waals surface area contributed by atoms with Gasteiger partial charge < -0.3 is 34.3 Å². The summed E-state index contributed by atoms with van der Waals surface area (Å²) in [5.41, 5.74) is 3.04. The van der Waals surface area contributed by atoms with Gasteiger partial charge in [0.1, 0.15) is 5.56 Å². The van der Waals surface area contributed by atoms with E-state index in [0.29, 0.717) is 25.3 Å². The lowest BCUT2D eigenvalue weighted by molar-refractivity contribution is -0.278. The fourth-order valence-electron chi connectivity index (χ4n) is 7.25. The van der Waals surface area contributed by atoms with Crippen LogP contribution in [0.2, 0.25) is 0 Å². The third-order valence-electron chi connectivity index (χ3n) is 10.3. The second kappa shape index (κ2) is 15.6. The van der Waals surface area contributed by atoms with E-state index in [0.717, 1.165) is 53.7 Å². The highest BCUT2D eigenvalue weighted by atomic mass is 19.2. The molecule has 0 unspecified atom stereocenters. The van der Waals surface area contributed by atoms with Gasteiger partial charge >= 0.3 is 0 Å². The molecule has 0 aliphatic carbocycles. The van der Waals surface area contributed by atoms with Crippen molar-refractivity contribution in [3.63, 3.8) is 0 Å². The minimum absolute atomic E-state index is 0.0130. The number of ether oxygens (including phenoxy) is 4. The SMILES string of the molecule is C[C@H]1[C@@H](CN2CCC3(CC2)OCCO3)O[C@@H](c2cccc(-c3cccc(CNC(=O)c4c(F)c(F)c(F)c(F)c4F)c3)c2)O[C@H]1c1ccc(CO)cc1. The molecule has 3 fully saturated rings. The van der Waals surface area contributed by atoms with E-state index in [9.17, 15) is 31.9 Å². The maximum atomic E-state index is 14.2. The fourth-order valence-corrected chi connectivity index (χ4v) is 7.25. The van der Waals surface area contributed by atoms with Crippen molar-refractivity contribution in [3.8, 4) is 11.1 Å². The number of carbonyl (C=O) groups is 1. The number of likely N-dealkylation sites (tertiary alicyclic amines) is 1. The van der Waals surface area contributed by atoms with Crippen molar-refractivity contribution in [1.82, 2.24) is 10.2 Å². The lowest BCUT2D eigenvalue weighted by atomic mass is 9.89. The van der Waals surface area contributed by atoms with E-state index < -0.39 is 52.6 Å². The molecule has 3 aliphatic heterocycles. The lowest BCUT2D eigenvalue weighted by Crippen LogP contribution is -2.50. The van der Waals surface area contributed by atoms with E-state index in [1.807, 2.05) is 54.6 Å². The largest absolute Gasteiger partial charge is 0.392 e. The van der Waals surface area contributed by atoms with Crippen molar-refractivity contribution in [3.05, 3.63) is 130 Å².